The van der Waals surface area contributed by atoms with Crippen LogP contribution in [-0.2, 0) is 9.53 Å². The third-order valence-electron chi connectivity index (χ3n) is 2.24. The molecule has 0 aromatic carbocycles. The highest BCUT2D eigenvalue weighted by Gasteiger charge is 2.23. The summed E-state index contributed by atoms with van der Waals surface area (Å²) in [7, 11) is 0. The van der Waals surface area contributed by atoms with Crippen molar-refractivity contribution in [2.75, 3.05) is 13.2 Å². The number of carbonyl (C=O) groups is 2. The molecule has 0 aliphatic heterocycles. The van der Waals surface area contributed by atoms with Gasteiger partial charge in [0.25, 0.3) is 0 Å². The second kappa shape index (κ2) is 8.21. The topological polar surface area (TPSA) is 68.3 Å². The average molecular weight is 409 g/mol. The molecule has 0 aliphatic carbocycles. The molecule has 20 heavy (non-hydrogen) atoms. The first-order valence-corrected chi connectivity index (χ1v) is 7.43. The van der Waals surface area contributed by atoms with Gasteiger partial charge >= 0.3 is 5.97 Å². The SMILES string of the molecule is CCN/C=C(\C(=O)OCC)C(=O)c1cc(I)cnc1Cl. The van der Waals surface area contributed by atoms with E-state index in [-0.39, 0.29) is 22.9 Å². The van der Waals surface area contributed by atoms with Gasteiger partial charge in [-0.15, -0.1) is 0 Å². The summed E-state index contributed by atoms with van der Waals surface area (Å²) < 4.78 is 5.63. The number of rotatable bonds is 6. The van der Waals surface area contributed by atoms with Gasteiger partial charge in [-0.2, -0.15) is 0 Å². The van der Waals surface area contributed by atoms with Gasteiger partial charge in [0.1, 0.15) is 10.7 Å². The number of nitrogens with zero attached hydrogens (tertiary/aromatic N) is 1. The van der Waals surface area contributed by atoms with Crippen LogP contribution in [0, 0.1) is 3.57 Å². The fraction of sp³-hybridized carbons (Fsp3) is 0.308. The lowest BCUT2D eigenvalue weighted by molar-refractivity contribution is -0.138. The molecule has 0 fully saturated rings. The van der Waals surface area contributed by atoms with Crippen molar-refractivity contribution in [2.45, 2.75) is 13.8 Å². The summed E-state index contributed by atoms with van der Waals surface area (Å²) in [6.07, 6.45) is 2.88. The molecule has 0 spiro atoms. The maximum atomic E-state index is 12.4. The van der Waals surface area contributed by atoms with Crippen LogP contribution in [0.15, 0.2) is 24.0 Å². The quantitative estimate of drug-likeness (QED) is 0.149. The van der Waals surface area contributed by atoms with Crippen LogP contribution in [-0.4, -0.2) is 29.9 Å². The molecular formula is C13H14ClIN2O3. The van der Waals surface area contributed by atoms with Crippen molar-refractivity contribution < 1.29 is 14.3 Å². The molecule has 0 aliphatic rings. The molecule has 0 amide bonds. The number of ether oxygens (including phenoxy) is 1. The fourth-order valence-corrected chi connectivity index (χ4v) is 2.00. The normalized spacial score (nSPS) is 11.1. The largest absolute Gasteiger partial charge is 0.462 e. The van der Waals surface area contributed by atoms with Gasteiger partial charge in [-0.3, -0.25) is 4.79 Å². The molecule has 0 saturated carbocycles. The molecule has 108 valence electrons. The number of pyridine rings is 1. The number of esters is 1. The summed E-state index contributed by atoms with van der Waals surface area (Å²) in [5.41, 5.74) is 0.0789. The van der Waals surface area contributed by atoms with Gasteiger partial charge < -0.3 is 10.1 Å². The Morgan fingerprint density at radius 2 is 2.20 bits per heavy atom. The summed E-state index contributed by atoms with van der Waals surface area (Å²) in [6.45, 7) is 4.29. The maximum absolute atomic E-state index is 12.4. The molecule has 0 atom stereocenters. The highest BCUT2D eigenvalue weighted by molar-refractivity contribution is 14.1. The third-order valence-corrected chi connectivity index (χ3v) is 3.13. The van der Waals surface area contributed by atoms with Crippen molar-refractivity contribution in [3.05, 3.63) is 38.3 Å². The van der Waals surface area contributed by atoms with Crippen LogP contribution in [0.2, 0.25) is 5.15 Å². The zero-order chi connectivity index (χ0) is 15.1. The maximum Gasteiger partial charge on any atom is 0.343 e. The molecule has 5 nitrogen and oxygen atoms in total. The van der Waals surface area contributed by atoms with Crippen molar-refractivity contribution in [2.24, 2.45) is 0 Å². The summed E-state index contributed by atoms with van der Waals surface area (Å²) in [6, 6.07) is 1.58. The Labute approximate surface area is 135 Å². The standard InChI is InChI=1S/C13H14ClIN2O3/c1-3-16-7-10(13(19)20-4-2)11(18)9-5-8(15)6-17-12(9)14/h5-7,16H,3-4H2,1-2H3/b10-7-. The Kier molecular flexibility index (Phi) is 6.94. The smallest absolute Gasteiger partial charge is 0.343 e. The zero-order valence-electron chi connectivity index (χ0n) is 11.1. The highest BCUT2D eigenvalue weighted by atomic mass is 127. The fourth-order valence-electron chi connectivity index (χ4n) is 1.36. The van der Waals surface area contributed by atoms with Gasteiger partial charge in [-0.1, -0.05) is 11.6 Å². The molecule has 1 aromatic rings. The molecule has 1 rings (SSSR count). The van der Waals surface area contributed by atoms with Crippen molar-refractivity contribution >= 4 is 45.9 Å². The average Bonchev–Trinajstić information content (AvgIpc) is 2.42. The van der Waals surface area contributed by atoms with Gasteiger partial charge in [0, 0.05) is 22.5 Å². The Morgan fingerprint density at radius 1 is 1.50 bits per heavy atom. The van der Waals surface area contributed by atoms with Crippen molar-refractivity contribution in [3.63, 3.8) is 0 Å². The number of Topliss-reactive ketones (excluding diaryl/α,β-unsaturated/α-hetero) is 1. The van der Waals surface area contributed by atoms with Crippen LogP contribution in [0.4, 0.5) is 0 Å². The third kappa shape index (κ3) is 4.45. The van der Waals surface area contributed by atoms with E-state index in [1.807, 2.05) is 29.5 Å². The van der Waals surface area contributed by atoms with Gasteiger partial charge in [0.2, 0.25) is 5.78 Å². The minimum atomic E-state index is -0.687. The molecule has 1 aromatic heterocycles. The van der Waals surface area contributed by atoms with Crippen LogP contribution in [0.5, 0.6) is 0 Å². The lowest BCUT2D eigenvalue weighted by atomic mass is 10.1. The van der Waals surface area contributed by atoms with Gasteiger partial charge in [0.15, 0.2) is 0 Å². The van der Waals surface area contributed by atoms with Crippen LogP contribution in [0.3, 0.4) is 0 Å². The van der Waals surface area contributed by atoms with E-state index >= 15 is 0 Å². The minimum absolute atomic E-state index is 0.0575. The van der Waals surface area contributed by atoms with E-state index in [1.165, 1.54) is 12.4 Å². The molecule has 0 radical (unpaired) electrons. The molecule has 1 heterocycles. The van der Waals surface area contributed by atoms with Crippen LogP contribution >= 0.6 is 34.2 Å². The Balaban J connectivity index is 3.16. The lowest BCUT2D eigenvalue weighted by Crippen LogP contribution is -2.20. The van der Waals surface area contributed by atoms with E-state index in [1.54, 1.807) is 13.0 Å². The number of nitrogens with one attached hydrogen (secondary N) is 1. The molecule has 0 saturated heterocycles. The van der Waals surface area contributed by atoms with Crippen LogP contribution in [0.25, 0.3) is 0 Å². The van der Waals surface area contributed by atoms with Gasteiger partial charge in [-0.05, 0) is 42.5 Å². The minimum Gasteiger partial charge on any atom is -0.462 e. The summed E-state index contributed by atoms with van der Waals surface area (Å²) in [5.74, 6) is -1.20. The second-order valence-corrected chi connectivity index (χ2v) is 5.26. The highest BCUT2D eigenvalue weighted by Crippen LogP contribution is 2.19. The number of aromatic nitrogens is 1. The van der Waals surface area contributed by atoms with Gasteiger partial charge in [-0.25, -0.2) is 9.78 Å². The molecular weight excluding hydrogens is 395 g/mol. The van der Waals surface area contributed by atoms with E-state index in [4.69, 9.17) is 16.3 Å². The zero-order valence-corrected chi connectivity index (χ0v) is 14.0. The van der Waals surface area contributed by atoms with Crippen molar-refractivity contribution in [1.82, 2.24) is 10.3 Å². The molecule has 7 heteroatoms. The Bertz CT molecular complexity index is 546. The molecule has 0 unspecified atom stereocenters. The van der Waals surface area contributed by atoms with Crippen molar-refractivity contribution in [3.8, 4) is 0 Å². The number of halogens is 2. The number of ketones is 1. The lowest BCUT2D eigenvalue weighted by Gasteiger charge is -2.08. The number of carbonyl (C=O) groups excluding carboxylic acids is 2. The summed E-state index contributed by atoms with van der Waals surface area (Å²) in [4.78, 5) is 28.2. The van der Waals surface area contributed by atoms with E-state index < -0.39 is 11.8 Å². The van der Waals surface area contributed by atoms with Gasteiger partial charge in [0.05, 0.1) is 12.2 Å². The van der Waals surface area contributed by atoms with E-state index in [0.29, 0.717) is 6.54 Å². The number of hydrogen-bond acceptors (Lipinski definition) is 5. The number of hydrogen-bond donors (Lipinski definition) is 1. The van der Waals surface area contributed by atoms with E-state index in [2.05, 4.69) is 10.3 Å². The summed E-state index contributed by atoms with van der Waals surface area (Å²) in [5, 5.41) is 2.88. The van der Waals surface area contributed by atoms with Crippen molar-refractivity contribution in [1.29, 1.82) is 0 Å². The van der Waals surface area contributed by atoms with E-state index in [9.17, 15) is 9.59 Å². The Hall–Kier alpha value is -1.15. The predicted molar refractivity (Wildman–Crippen MR) is 84.7 cm³/mol. The first-order valence-electron chi connectivity index (χ1n) is 5.97. The van der Waals surface area contributed by atoms with Crippen LogP contribution < -0.4 is 5.32 Å². The van der Waals surface area contributed by atoms with E-state index in [0.717, 1.165) is 3.57 Å². The summed E-state index contributed by atoms with van der Waals surface area (Å²) >= 11 is 7.93. The van der Waals surface area contributed by atoms with Crippen LogP contribution in [0.1, 0.15) is 24.2 Å². The molecule has 1 N–H and O–H groups in total. The first kappa shape index (κ1) is 16.9. The predicted octanol–water partition coefficient (Wildman–Crippen LogP) is 2.58. The second-order valence-electron chi connectivity index (χ2n) is 3.66. The Morgan fingerprint density at radius 3 is 2.80 bits per heavy atom. The first-order chi connectivity index (χ1) is 9.51. The molecule has 0 bridgehead atoms. The monoisotopic (exact) mass is 408 g/mol.